The maximum absolute atomic E-state index is 14.8. The summed E-state index contributed by atoms with van der Waals surface area (Å²) >= 11 is 0. The van der Waals surface area contributed by atoms with E-state index in [0.717, 1.165) is 36.1 Å². The topological polar surface area (TPSA) is 38.8 Å². The van der Waals surface area contributed by atoms with Crippen LogP contribution >= 0.6 is 0 Å². The Balaban J connectivity index is 1.65. The van der Waals surface area contributed by atoms with Gasteiger partial charge in [-0.15, -0.1) is 0 Å². The van der Waals surface area contributed by atoms with Gasteiger partial charge in [0.1, 0.15) is 11.6 Å². The summed E-state index contributed by atoms with van der Waals surface area (Å²) in [5, 5.41) is 0. The molecule has 3 aromatic carbocycles. The Morgan fingerprint density at radius 2 is 1.43 bits per heavy atom. The first kappa shape index (κ1) is 33.4. The lowest BCUT2D eigenvalue weighted by Gasteiger charge is -2.35. The second kappa shape index (κ2) is 10.8. The zero-order chi connectivity index (χ0) is 34.2. The molecule has 46 heavy (non-hydrogen) atoms. The van der Waals surface area contributed by atoms with E-state index in [4.69, 9.17) is 9.47 Å². The van der Waals surface area contributed by atoms with Crippen LogP contribution in [0.4, 0.5) is 48.7 Å². The fourth-order valence-electron chi connectivity index (χ4n) is 6.24. The molecule has 2 aliphatic rings. The van der Waals surface area contributed by atoms with E-state index in [1.165, 1.54) is 13.2 Å². The summed E-state index contributed by atoms with van der Waals surface area (Å²) in [5.41, 5.74) is -8.16. The Morgan fingerprint density at radius 1 is 0.848 bits per heavy atom. The number of rotatable bonds is 6. The average Bonchev–Trinajstić information content (AvgIpc) is 3.72. The van der Waals surface area contributed by atoms with Crippen molar-refractivity contribution < 1.29 is 58.2 Å². The zero-order valence-electron chi connectivity index (χ0n) is 24.8. The molecule has 0 N–H and O–H groups in total. The molecule has 2 fully saturated rings. The maximum atomic E-state index is 14.8. The molecule has 5 rings (SSSR count). The summed E-state index contributed by atoms with van der Waals surface area (Å²) in [6.07, 6.45) is -16.2. The van der Waals surface area contributed by atoms with Crippen LogP contribution in [0.5, 0.6) is 5.75 Å². The normalized spacial score (nSPS) is 19.6. The number of amides is 1. The Hall–Kier alpha value is -3.97. The highest BCUT2D eigenvalue weighted by molar-refractivity contribution is 5.78. The van der Waals surface area contributed by atoms with E-state index in [1.54, 1.807) is 13.8 Å². The molecule has 3 aromatic rings. The fraction of sp³-hybridized carbons (Fsp3) is 0.406. The number of hydrogen-bond acceptors (Lipinski definition) is 3. The van der Waals surface area contributed by atoms with E-state index >= 15 is 0 Å². The minimum Gasteiger partial charge on any atom is -0.496 e. The molecule has 0 unspecified atom stereocenters. The Kier molecular flexibility index (Phi) is 7.84. The number of alkyl halides is 9. The summed E-state index contributed by atoms with van der Waals surface area (Å²) < 4.78 is 150. The van der Waals surface area contributed by atoms with Crippen LogP contribution in [0.3, 0.4) is 0 Å². The quantitative estimate of drug-likeness (QED) is 0.247. The van der Waals surface area contributed by atoms with Crippen LogP contribution in [0.2, 0.25) is 0 Å². The van der Waals surface area contributed by atoms with Crippen molar-refractivity contribution >= 4 is 6.09 Å². The monoisotopic (exact) mass is 663 g/mol. The highest BCUT2D eigenvalue weighted by atomic mass is 19.4. The van der Waals surface area contributed by atoms with E-state index in [2.05, 4.69) is 0 Å². The van der Waals surface area contributed by atoms with E-state index in [1.807, 2.05) is 0 Å². The number of carbonyl (C=O) groups excluding carboxylic acids is 1. The van der Waals surface area contributed by atoms with Gasteiger partial charge in [0.05, 0.1) is 35.9 Å². The highest BCUT2D eigenvalue weighted by Gasteiger charge is 2.71. The highest BCUT2D eigenvalue weighted by Crippen LogP contribution is 2.62. The van der Waals surface area contributed by atoms with Gasteiger partial charge in [-0.25, -0.2) is 9.18 Å². The van der Waals surface area contributed by atoms with E-state index in [-0.39, 0.29) is 52.8 Å². The molecule has 1 amide bonds. The molecule has 1 aliphatic heterocycles. The molecule has 1 saturated heterocycles. The van der Waals surface area contributed by atoms with Crippen LogP contribution in [0.25, 0.3) is 11.1 Å². The smallest absolute Gasteiger partial charge is 0.416 e. The molecule has 0 radical (unpaired) electrons. The molecule has 0 aromatic heterocycles. The molecule has 1 spiro atoms. The van der Waals surface area contributed by atoms with Gasteiger partial charge in [0.2, 0.25) is 0 Å². The Bertz CT molecular complexity index is 1690. The largest absolute Gasteiger partial charge is 0.496 e. The number of halogens is 10. The molecule has 4 nitrogen and oxygen atoms in total. The molecule has 1 atom stereocenters. The average molecular weight is 664 g/mol. The summed E-state index contributed by atoms with van der Waals surface area (Å²) in [5.74, 6) is -0.965. The predicted molar refractivity (Wildman–Crippen MR) is 145 cm³/mol. The van der Waals surface area contributed by atoms with Crippen LogP contribution in [0.15, 0.2) is 48.5 Å². The molecule has 0 bridgehead atoms. The number of hydrogen-bond donors (Lipinski definition) is 0. The third-order valence-electron chi connectivity index (χ3n) is 8.80. The van der Waals surface area contributed by atoms with Crippen LogP contribution < -0.4 is 4.74 Å². The number of nitrogens with zero attached hydrogens (tertiary/aromatic N) is 1. The van der Waals surface area contributed by atoms with Crippen molar-refractivity contribution in [3.63, 3.8) is 0 Å². The second-order valence-electron chi connectivity index (χ2n) is 11.9. The van der Waals surface area contributed by atoms with Gasteiger partial charge in [-0.05, 0) is 72.7 Å². The van der Waals surface area contributed by atoms with Gasteiger partial charge in [0.25, 0.3) is 0 Å². The van der Waals surface area contributed by atoms with Gasteiger partial charge in [0.15, 0.2) is 5.60 Å². The van der Waals surface area contributed by atoms with E-state index in [0.29, 0.717) is 12.1 Å². The Labute approximate surface area is 256 Å². The van der Waals surface area contributed by atoms with Crippen molar-refractivity contribution in [1.82, 2.24) is 4.90 Å². The first-order chi connectivity index (χ1) is 21.1. The van der Waals surface area contributed by atoms with E-state index < -0.39 is 70.4 Å². The first-order valence-electron chi connectivity index (χ1n) is 14.0. The van der Waals surface area contributed by atoms with Gasteiger partial charge in [-0.1, -0.05) is 26.0 Å². The molecule has 1 aliphatic carbocycles. The van der Waals surface area contributed by atoms with Crippen molar-refractivity contribution in [1.29, 1.82) is 0 Å². The molecule has 248 valence electrons. The van der Waals surface area contributed by atoms with Crippen LogP contribution in [-0.2, 0) is 35.4 Å². The van der Waals surface area contributed by atoms with Gasteiger partial charge in [-0.2, -0.15) is 39.5 Å². The number of ether oxygens (including phenoxy) is 2. The lowest BCUT2D eigenvalue weighted by molar-refractivity contribution is -0.145. The SMILES string of the molecule is COc1cc(F)c(C(C)C)cc1-c1ccc(C(F)(F)F)cc1CN1C(=O)O[C@](C)(c2ccc(C(F)(F)F)cc2C(F)(F)F)C12CC2. The summed E-state index contributed by atoms with van der Waals surface area (Å²) in [7, 11) is 1.24. The molecular weight excluding hydrogens is 636 g/mol. The lowest BCUT2D eigenvalue weighted by atomic mass is 9.81. The Morgan fingerprint density at radius 3 is 1.96 bits per heavy atom. The third kappa shape index (κ3) is 5.53. The number of methoxy groups -OCH3 is 1. The molecular formula is C32H27F10NO3. The maximum Gasteiger partial charge on any atom is 0.416 e. The fourth-order valence-corrected chi connectivity index (χ4v) is 6.24. The first-order valence-corrected chi connectivity index (χ1v) is 14.0. The summed E-state index contributed by atoms with van der Waals surface area (Å²) in [4.78, 5) is 14.4. The molecule has 14 heteroatoms. The number of benzene rings is 3. The van der Waals surface area contributed by atoms with Gasteiger partial charge < -0.3 is 9.47 Å². The number of cyclic esters (lactones) is 1. The third-order valence-corrected chi connectivity index (χ3v) is 8.80. The minimum absolute atomic E-state index is 0.0162. The van der Waals surface area contributed by atoms with Crippen LogP contribution in [-0.4, -0.2) is 23.6 Å². The van der Waals surface area contributed by atoms with Crippen LogP contribution in [0.1, 0.15) is 72.9 Å². The molecule has 1 heterocycles. The second-order valence-corrected chi connectivity index (χ2v) is 11.9. The van der Waals surface area contributed by atoms with Crippen molar-refractivity contribution in [3.05, 3.63) is 87.7 Å². The van der Waals surface area contributed by atoms with E-state index in [9.17, 15) is 48.7 Å². The van der Waals surface area contributed by atoms with Crippen LogP contribution in [0, 0.1) is 5.82 Å². The van der Waals surface area contributed by atoms with Crippen molar-refractivity contribution in [2.24, 2.45) is 0 Å². The lowest BCUT2D eigenvalue weighted by Crippen LogP contribution is -2.45. The molecule has 1 saturated carbocycles. The number of carbonyl (C=O) groups is 1. The van der Waals surface area contributed by atoms with Crippen molar-refractivity contribution in [3.8, 4) is 16.9 Å². The van der Waals surface area contributed by atoms with Crippen molar-refractivity contribution in [2.45, 2.75) is 75.7 Å². The zero-order valence-corrected chi connectivity index (χ0v) is 24.8. The van der Waals surface area contributed by atoms with Crippen molar-refractivity contribution in [2.75, 3.05) is 7.11 Å². The van der Waals surface area contributed by atoms with Gasteiger partial charge >= 0.3 is 24.6 Å². The predicted octanol–water partition coefficient (Wildman–Crippen LogP) is 10.1. The summed E-state index contributed by atoms with van der Waals surface area (Å²) in [6, 6.07) is 6.25. The minimum atomic E-state index is -5.27. The van der Waals surface area contributed by atoms with Gasteiger partial charge in [0, 0.05) is 17.2 Å². The summed E-state index contributed by atoms with van der Waals surface area (Å²) in [6.45, 7) is 3.99. The standard InChI is InChI=1S/C32H27F10NO3/c1-16(2)21-13-22(26(45-4)14-25(21)33)20-7-5-18(30(34,35)36)11-17(20)15-43-27(44)46-28(3,29(43)9-10-29)23-8-6-19(31(37,38)39)12-24(23)32(40,41)42/h5-8,11-14,16H,9-10,15H2,1-4H3/t28-/m1/s1. The van der Waals surface area contributed by atoms with Gasteiger partial charge in [-0.3, -0.25) is 4.90 Å².